The lowest BCUT2D eigenvalue weighted by Crippen LogP contribution is -2.35. The summed E-state index contributed by atoms with van der Waals surface area (Å²) in [5.74, 6) is -0.310. The first-order chi connectivity index (χ1) is 13.9. The van der Waals surface area contributed by atoms with Gasteiger partial charge in [-0.3, -0.25) is 10.2 Å². The van der Waals surface area contributed by atoms with E-state index < -0.39 is 0 Å². The zero-order chi connectivity index (χ0) is 20.7. The van der Waals surface area contributed by atoms with Crippen LogP contribution in [0.15, 0.2) is 46.0 Å². The fraction of sp³-hybridized carbons (Fsp3) is 0.273. The molecule has 0 saturated heterocycles. The summed E-state index contributed by atoms with van der Waals surface area (Å²) in [7, 11) is 0. The summed E-state index contributed by atoms with van der Waals surface area (Å²) in [5, 5.41) is 15.7. The van der Waals surface area contributed by atoms with Crippen molar-refractivity contribution in [2.75, 3.05) is 0 Å². The Kier molecular flexibility index (Phi) is 5.00. The minimum atomic E-state index is -0.389. The molecule has 0 radical (unpaired) electrons. The van der Waals surface area contributed by atoms with Gasteiger partial charge >= 0.3 is 0 Å². The number of aliphatic imine (C=N–C) groups is 1. The SMILES string of the molecule is CCC1=NN2C(=N)C(=Cc3cc(C)n(-c4ccccc4CC)c3C)C(=O)N=C2S1. The molecule has 2 aromatic rings. The Labute approximate surface area is 174 Å². The lowest BCUT2D eigenvalue weighted by atomic mass is 10.1. The molecule has 2 aliphatic rings. The van der Waals surface area contributed by atoms with Crippen LogP contribution >= 0.6 is 11.8 Å². The first-order valence-electron chi connectivity index (χ1n) is 9.70. The number of thioether (sulfide) groups is 1. The number of para-hydroxylation sites is 1. The fourth-order valence-electron chi connectivity index (χ4n) is 3.66. The van der Waals surface area contributed by atoms with Gasteiger partial charge in [0.1, 0.15) is 5.04 Å². The summed E-state index contributed by atoms with van der Waals surface area (Å²) in [6.07, 6.45) is 3.45. The van der Waals surface area contributed by atoms with Crippen LogP contribution in [0.3, 0.4) is 0 Å². The second-order valence-corrected chi connectivity index (χ2v) is 8.05. The highest BCUT2D eigenvalue weighted by Crippen LogP contribution is 2.31. The smallest absolute Gasteiger partial charge is 0.283 e. The molecule has 1 N–H and O–H groups in total. The maximum Gasteiger partial charge on any atom is 0.283 e. The summed E-state index contributed by atoms with van der Waals surface area (Å²) >= 11 is 1.35. The molecule has 0 atom stereocenters. The Hall–Kier alpha value is -2.93. The van der Waals surface area contributed by atoms with E-state index in [1.165, 1.54) is 22.3 Å². The minimum absolute atomic E-state index is 0.0784. The number of hydrogen-bond donors (Lipinski definition) is 1. The normalized spacial score (nSPS) is 17.7. The molecular formula is C22H23N5OS. The lowest BCUT2D eigenvalue weighted by molar-refractivity contribution is -0.114. The summed E-state index contributed by atoms with van der Waals surface area (Å²) in [5.41, 5.74) is 5.69. The standard InChI is InChI=1S/C22H23N5OS/c1-5-15-9-7-8-10-18(15)26-13(3)11-16(14(26)4)12-17-20(23)27-22(24-21(17)28)29-19(6-2)25-27/h7-12,23H,5-6H2,1-4H3. The van der Waals surface area contributed by atoms with Gasteiger partial charge in [0.15, 0.2) is 5.84 Å². The van der Waals surface area contributed by atoms with Gasteiger partial charge in [0.2, 0.25) is 5.17 Å². The number of nitrogens with zero attached hydrogens (tertiary/aromatic N) is 4. The molecule has 0 saturated carbocycles. The molecule has 1 amide bonds. The average molecular weight is 406 g/mol. The number of benzene rings is 1. The number of aryl methyl sites for hydroxylation is 2. The Morgan fingerprint density at radius 3 is 2.66 bits per heavy atom. The van der Waals surface area contributed by atoms with Gasteiger partial charge in [-0.05, 0) is 67.8 Å². The Morgan fingerprint density at radius 1 is 1.17 bits per heavy atom. The van der Waals surface area contributed by atoms with Crippen LogP contribution in [0.25, 0.3) is 11.8 Å². The van der Waals surface area contributed by atoms with Crippen LogP contribution in [0.1, 0.15) is 42.8 Å². The molecule has 3 heterocycles. The molecule has 6 nitrogen and oxygen atoms in total. The van der Waals surface area contributed by atoms with Gasteiger partial charge in [-0.15, -0.1) is 0 Å². The Morgan fingerprint density at radius 2 is 1.93 bits per heavy atom. The van der Waals surface area contributed by atoms with E-state index >= 15 is 0 Å². The number of carbonyl (C=O) groups is 1. The van der Waals surface area contributed by atoms with Crippen molar-refractivity contribution in [2.45, 2.75) is 40.5 Å². The van der Waals surface area contributed by atoms with Gasteiger partial charge in [0, 0.05) is 17.1 Å². The predicted molar refractivity (Wildman–Crippen MR) is 120 cm³/mol. The van der Waals surface area contributed by atoms with Crippen molar-refractivity contribution in [2.24, 2.45) is 10.1 Å². The van der Waals surface area contributed by atoms with Crippen LogP contribution in [0, 0.1) is 19.3 Å². The third-order valence-electron chi connectivity index (χ3n) is 5.18. The maximum atomic E-state index is 12.6. The van der Waals surface area contributed by atoms with Gasteiger partial charge in [-0.2, -0.15) is 15.1 Å². The van der Waals surface area contributed by atoms with Crippen LogP contribution in [-0.2, 0) is 11.2 Å². The monoisotopic (exact) mass is 405 g/mol. The molecule has 1 aromatic heterocycles. The topological polar surface area (TPSA) is 73.8 Å². The molecule has 7 heteroatoms. The number of hydrogen-bond acceptors (Lipinski definition) is 4. The van der Waals surface area contributed by atoms with E-state index in [-0.39, 0.29) is 17.3 Å². The number of nitrogens with one attached hydrogen (secondary N) is 1. The van der Waals surface area contributed by atoms with Crippen molar-refractivity contribution in [3.63, 3.8) is 0 Å². The number of hydrazone groups is 1. The largest absolute Gasteiger partial charge is 0.318 e. The Bertz CT molecular complexity index is 1120. The van der Waals surface area contributed by atoms with Gasteiger partial charge < -0.3 is 4.57 Å². The average Bonchev–Trinajstić information content (AvgIpc) is 3.25. The fourth-order valence-corrected chi connectivity index (χ4v) is 4.49. The highest BCUT2D eigenvalue weighted by atomic mass is 32.2. The van der Waals surface area contributed by atoms with E-state index in [2.05, 4.69) is 46.7 Å². The summed E-state index contributed by atoms with van der Waals surface area (Å²) in [6, 6.07) is 10.4. The van der Waals surface area contributed by atoms with Crippen molar-refractivity contribution in [3.8, 4) is 5.69 Å². The first-order valence-corrected chi connectivity index (χ1v) is 10.5. The zero-order valence-electron chi connectivity index (χ0n) is 17.0. The van der Waals surface area contributed by atoms with E-state index in [4.69, 9.17) is 5.41 Å². The highest BCUT2D eigenvalue weighted by molar-refractivity contribution is 8.26. The third-order valence-corrected chi connectivity index (χ3v) is 6.24. The molecule has 1 aromatic carbocycles. The number of carbonyl (C=O) groups excluding carboxylic acids is 1. The van der Waals surface area contributed by atoms with E-state index in [0.717, 1.165) is 40.5 Å². The van der Waals surface area contributed by atoms with Crippen LogP contribution in [-0.4, -0.2) is 31.5 Å². The predicted octanol–water partition coefficient (Wildman–Crippen LogP) is 4.69. The maximum absolute atomic E-state index is 12.6. The van der Waals surface area contributed by atoms with Crippen molar-refractivity contribution < 1.29 is 4.79 Å². The number of amidine groups is 2. The molecule has 148 valence electrons. The van der Waals surface area contributed by atoms with Crippen LogP contribution < -0.4 is 0 Å². The number of aromatic nitrogens is 1. The van der Waals surface area contributed by atoms with Gasteiger partial charge in [-0.25, -0.2) is 0 Å². The summed E-state index contributed by atoms with van der Waals surface area (Å²) < 4.78 is 2.20. The molecule has 0 fully saturated rings. The van der Waals surface area contributed by atoms with Crippen molar-refractivity contribution in [1.29, 1.82) is 5.41 Å². The quantitative estimate of drug-likeness (QED) is 0.750. The molecular weight excluding hydrogens is 382 g/mol. The van der Waals surface area contributed by atoms with Crippen molar-refractivity contribution in [1.82, 2.24) is 9.58 Å². The van der Waals surface area contributed by atoms with E-state index in [1.807, 2.05) is 26.0 Å². The van der Waals surface area contributed by atoms with Crippen molar-refractivity contribution >= 4 is 39.8 Å². The van der Waals surface area contributed by atoms with E-state index in [9.17, 15) is 4.79 Å². The second-order valence-electron chi connectivity index (χ2n) is 7.01. The molecule has 0 spiro atoms. The van der Waals surface area contributed by atoms with Crippen LogP contribution in [0.5, 0.6) is 0 Å². The van der Waals surface area contributed by atoms with Crippen LogP contribution in [0.4, 0.5) is 0 Å². The molecule has 0 bridgehead atoms. The van der Waals surface area contributed by atoms with Gasteiger partial charge in [0.25, 0.3) is 5.91 Å². The molecule has 0 aliphatic carbocycles. The third kappa shape index (κ3) is 3.25. The van der Waals surface area contributed by atoms with Gasteiger partial charge in [-0.1, -0.05) is 32.0 Å². The number of rotatable bonds is 4. The van der Waals surface area contributed by atoms with Gasteiger partial charge in [0.05, 0.1) is 5.57 Å². The summed E-state index contributed by atoms with van der Waals surface area (Å²) in [4.78, 5) is 16.8. The van der Waals surface area contributed by atoms with Crippen molar-refractivity contribution in [3.05, 3.63) is 58.4 Å². The van der Waals surface area contributed by atoms with E-state index in [0.29, 0.717) is 5.17 Å². The number of amides is 1. The molecule has 4 rings (SSSR count). The lowest BCUT2D eigenvalue weighted by Gasteiger charge is -2.20. The molecule has 0 unspecified atom stereocenters. The highest BCUT2D eigenvalue weighted by Gasteiger charge is 2.35. The minimum Gasteiger partial charge on any atom is -0.318 e. The second kappa shape index (κ2) is 7.48. The zero-order valence-corrected chi connectivity index (χ0v) is 17.8. The Balaban J connectivity index is 1.78. The van der Waals surface area contributed by atoms with Crippen LogP contribution in [0.2, 0.25) is 0 Å². The van der Waals surface area contributed by atoms with E-state index in [1.54, 1.807) is 6.08 Å². The molecule has 2 aliphatic heterocycles. The molecule has 29 heavy (non-hydrogen) atoms. The summed E-state index contributed by atoms with van der Waals surface area (Å²) in [6.45, 7) is 8.24. The number of fused-ring (bicyclic) bond motifs is 1. The first kappa shape index (κ1) is 19.4.